The Hall–Kier alpha value is -2.21. The third-order valence-corrected chi connectivity index (χ3v) is 3.90. The van der Waals surface area contributed by atoms with Crippen molar-refractivity contribution in [3.8, 4) is 5.69 Å². The van der Waals surface area contributed by atoms with Gasteiger partial charge in [0.05, 0.1) is 26.8 Å². The van der Waals surface area contributed by atoms with Gasteiger partial charge in [-0.3, -0.25) is 4.57 Å². The van der Waals surface area contributed by atoms with Crippen LogP contribution in [0.5, 0.6) is 0 Å². The lowest BCUT2D eigenvalue weighted by Gasteiger charge is -2.09. The second-order valence-electron chi connectivity index (χ2n) is 4.68. The molecule has 3 aromatic rings. The highest BCUT2D eigenvalue weighted by molar-refractivity contribution is 9.10. The Morgan fingerprint density at radius 1 is 1.33 bits per heavy atom. The number of benzene rings is 2. The highest BCUT2D eigenvalue weighted by atomic mass is 79.9. The molecule has 0 aliphatic carbocycles. The van der Waals surface area contributed by atoms with E-state index >= 15 is 0 Å². The van der Waals surface area contributed by atoms with E-state index in [1.54, 1.807) is 23.0 Å². The van der Waals surface area contributed by atoms with Crippen molar-refractivity contribution in [3.05, 3.63) is 58.1 Å². The Morgan fingerprint density at radius 2 is 2.10 bits per heavy atom. The summed E-state index contributed by atoms with van der Waals surface area (Å²) in [6.07, 6.45) is 1.60. The third kappa shape index (κ3) is 2.31. The summed E-state index contributed by atoms with van der Waals surface area (Å²) in [6.45, 7) is 1.81. The number of carbonyl (C=O) groups is 1. The molecule has 0 radical (unpaired) electrons. The molecule has 0 fully saturated rings. The molecule has 0 bridgehead atoms. The number of nitrogens with zero attached hydrogens (tertiary/aromatic N) is 2. The number of aromatic nitrogens is 2. The second kappa shape index (κ2) is 4.96. The lowest BCUT2D eigenvalue weighted by atomic mass is 10.1. The van der Waals surface area contributed by atoms with Crippen molar-refractivity contribution >= 4 is 32.9 Å². The van der Waals surface area contributed by atoms with E-state index in [-0.39, 0.29) is 11.4 Å². The fraction of sp³-hybridized carbons (Fsp3) is 0.0667. The fourth-order valence-electron chi connectivity index (χ4n) is 2.23. The molecule has 2 aromatic carbocycles. The van der Waals surface area contributed by atoms with Crippen molar-refractivity contribution in [1.29, 1.82) is 0 Å². The average Bonchev–Trinajstić information content (AvgIpc) is 2.85. The van der Waals surface area contributed by atoms with Gasteiger partial charge >= 0.3 is 5.97 Å². The number of imidazole rings is 1. The maximum atomic E-state index is 13.5. The standard InChI is InChI=1S/C15H10BrFN2O2/c1-8-4-11(17)10(16)6-14(8)19-7-18-12-5-9(15(20)21)2-3-13(12)19/h2-7H,1H3,(H,20,21). The normalized spacial score (nSPS) is 11.0. The first-order valence-corrected chi connectivity index (χ1v) is 6.93. The number of halogens is 2. The van der Waals surface area contributed by atoms with E-state index in [2.05, 4.69) is 20.9 Å². The summed E-state index contributed by atoms with van der Waals surface area (Å²) in [6, 6.07) is 7.86. The Balaban J connectivity index is 2.22. The molecule has 0 atom stereocenters. The molecule has 1 heterocycles. The molecule has 1 aromatic heterocycles. The van der Waals surface area contributed by atoms with E-state index in [0.29, 0.717) is 9.99 Å². The summed E-state index contributed by atoms with van der Waals surface area (Å²) in [7, 11) is 0. The van der Waals surface area contributed by atoms with Crippen LogP contribution in [0.15, 0.2) is 41.1 Å². The molecule has 106 valence electrons. The minimum Gasteiger partial charge on any atom is -0.478 e. The van der Waals surface area contributed by atoms with E-state index in [1.807, 2.05) is 6.92 Å². The maximum Gasteiger partial charge on any atom is 0.335 e. The van der Waals surface area contributed by atoms with Crippen LogP contribution in [-0.4, -0.2) is 20.6 Å². The Bertz CT molecular complexity index is 873. The Kier molecular flexibility index (Phi) is 3.25. The molecule has 0 saturated heterocycles. The van der Waals surface area contributed by atoms with Crippen molar-refractivity contribution in [2.45, 2.75) is 6.92 Å². The van der Waals surface area contributed by atoms with Crippen molar-refractivity contribution in [2.75, 3.05) is 0 Å². The summed E-state index contributed by atoms with van der Waals surface area (Å²) in [5, 5.41) is 9.00. The first-order chi connectivity index (χ1) is 9.97. The zero-order valence-electron chi connectivity index (χ0n) is 11.0. The molecule has 0 aliphatic rings. The van der Waals surface area contributed by atoms with Crippen LogP contribution < -0.4 is 0 Å². The number of aromatic carboxylic acids is 1. The lowest BCUT2D eigenvalue weighted by molar-refractivity contribution is 0.0697. The fourth-order valence-corrected chi connectivity index (χ4v) is 2.56. The number of fused-ring (bicyclic) bond motifs is 1. The van der Waals surface area contributed by atoms with Gasteiger partial charge < -0.3 is 5.11 Å². The molecule has 0 amide bonds. The summed E-state index contributed by atoms with van der Waals surface area (Å²) in [5.41, 5.74) is 3.08. The number of carboxylic acid groups (broad SMARTS) is 1. The summed E-state index contributed by atoms with van der Waals surface area (Å²) in [4.78, 5) is 15.2. The average molecular weight is 349 g/mol. The SMILES string of the molecule is Cc1cc(F)c(Br)cc1-n1cnc2cc(C(=O)O)ccc21. The van der Waals surface area contributed by atoms with E-state index in [9.17, 15) is 9.18 Å². The first-order valence-electron chi connectivity index (χ1n) is 6.14. The summed E-state index contributed by atoms with van der Waals surface area (Å²) < 4.78 is 15.7. The van der Waals surface area contributed by atoms with Gasteiger partial charge in [-0.1, -0.05) is 0 Å². The van der Waals surface area contributed by atoms with Gasteiger partial charge in [-0.05, 0) is 58.7 Å². The number of rotatable bonds is 2. The Labute approximate surface area is 128 Å². The molecule has 0 saturated carbocycles. The molecular weight excluding hydrogens is 339 g/mol. The minimum absolute atomic E-state index is 0.185. The smallest absolute Gasteiger partial charge is 0.335 e. The third-order valence-electron chi connectivity index (χ3n) is 3.29. The largest absolute Gasteiger partial charge is 0.478 e. The second-order valence-corrected chi connectivity index (χ2v) is 5.53. The molecular formula is C15H10BrFN2O2. The van der Waals surface area contributed by atoms with E-state index in [4.69, 9.17) is 5.11 Å². The van der Waals surface area contributed by atoms with Gasteiger partial charge in [0.25, 0.3) is 0 Å². The van der Waals surface area contributed by atoms with Crippen molar-refractivity contribution in [1.82, 2.24) is 9.55 Å². The van der Waals surface area contributed by atoms with Gasteiger partial charge in [0.2, 0.25) is 0 Å². The van der Waals surface area contributed by atoms with E-state index in [1.165, 1.54) is 18.2 Å². The van der Waals surface area contributed by atoms with Crippen molar-refractivity contribution < 1.29 is 14.3 Å². The number of hydrogen-bond acceptors (Lipinski definition) is 2. The predicted molar refractivity (Wildman–Crippen MR) is 80.4 cm³/mol. The first kappa shape index (κ1) is 13.8. The Morgan fingerprint density at radius 3 is 2.81 bits per heavy atom. The summed E-state index contributed by atoms with van der Waals surface area (Å²) in [5.74, 6) is -1.32. The highest BCUT2D eigenvalue weighted by Gasteiger charge is 2.12. The molecule has 0 unspecified atom stereocenters. The number of hydrogen-bond donors (Lipinski definition) is 1. The molecule has 0 spiro atoms. The summed E-state index contributed by atoms with van der Waals surface area (Å²) >= 11 is 3.17. The minimum atomic E-state index is -0.993. The molecule has 4 nitrogen and oxygen atoms in total. The maximum absolute atomic E-state index is 13.5. The molecule has 6 heteroatoms. The van der Waals surface area contributed by atoms with Gasteiger partial charge in [-0.2, -0.15) is 0 Å². The van der Waals surface area contributed by atoms with Gasteiger partial charge in [-0.15, -0.1) is 0 Å². The van der Waals surface area contributed by atoms with Crippen molar-refractivity contribution in [3.63, 3.8) is 0 Å². The zero-order chi connectivity index (χ0) is 15.1. The van der Waals surface area contributed by atoms with Crippen LogP contribution >= 0.6 is 15.9 Å². The van der Waals surface area contributed by atoms with Gasteiger partial charge in [-0.25, -0.2) is 14.2 Å². The van der Waals surface area contributed by atoms with Gasteiger partial charge in [0, 0.05) is 0 Å². The van der Waals surface area contributed by atoms with E-state index in [0.717, 1.165) is 16.8 Å². The molecule has 1 N–H and O–H groups in total. The predicted octanol–water partition coefficient (Wildman–Crippen LogP) is 3.93. The number of aryl methyl sites for hydroxylation is 1. The van der Waals surface area contributed by atoms with Crippen LogP contribution in [0.3, 0.4) is 0 Å². The van der Waals surface area contributed by atoms with Crippen LogP contribution in [0.4, 0.5) is 4.39 Å². The molecule has 21 heavy (non-hydrogen) atoms. The highest BCUT2D eigenvalue weighted by Crippen LogP contribution is 2.26. The van der Waals surface area contributed by atoms with Crippen molar-refractivity contribution in [2.24, 2.45) is 0 Å². The molecule has 0 aliphatic heterocycles. The van der Waals surface area contributed by atoms with Gasteiger partial charge in [0.1, 0.15) is 12.1 Å². The van der Waals surface area contributed by atoms with Crippen LogP contribution in [0.1, 0.15) is 15.9 Å². The van der Waals surface area contributed by atoms with E-state index < -0.39 is 5.97 Å². The molecule has 3 rings (SSSR count). The van der Waals surface area contributed by atoms with Gasteiger partial charge in [0.15, 0.2) is 0 Å². The van der Waals surface area contributed by atoms with Crippen LogP contribution in [-0.2, 0) is 0 Å². The van der Waals surface area contributed by atoms with Crippen LogP contribution in [0, 0.1) is 12.7 Å². The monoisotopic (exact) mass is 348 g/mol. The quantitative estimate of drug-likeness (QED) is 0.763. The topological polar surface area (TPSA) is 55.1 Å². The van der Waals surface area contributed by atoms with Crippen LogP contribution in [0.25, 0.3) is 16.7 Å². The zero-order valence-corrected chi connectivity index (χ0v) is 12.6. The van der Waals surface area contributed by atoms with Crippen LogP contribution in [0.2, 0.25) is 0 Å². The lowest BCUT2D eigenvalue weighted by Crippen LogP contribution is -1.98. The number of carboxylic acids is 1.